The van der Waals surface area contributed by atoms with Crippen LogP contribution in [0.5, 0.6) is 0 Å². The highest BCUT2D eigenvalue weighted by atomic mass is 35.5. The van der Waals surface area contributed by atoms with Gasteiger partial charge < -0.3 is 10.4 Å². The number of imidazole rings is 1. The van der Waals surface area contributed by atoms with E-state index in [2.05, 4.69) is 10.3 Å². The van der Waals surface area contributed by atoms with Crippen LogP contribution in [0.3, 0.4) is 0 Å². The lowest BCUT2D eigenvalue weighted by molar-refractivity contribution is -0.514. The summed E-state index contributed by atoms with van der Waals surface area (Å²) in [4.78, 5) is 16.4. The molecular weight excluding hydrogens is 362 g/mol. The van der Waals surface area contributed by atoms with Crippen molar-refractivity contribution in [2.24, 2.45) is 0 Å². The van der Waals surface area contributed by atoms with Crippen molar-refractivity contribution in [2.75, 3.05) is 6.61 Å². The minimum atomic E-state index is -0.529. The van der Waals surface area contributed by atoms with Crippen molar-refractivity contribution in [1.82, 2.24) is 10.3 Å². The molecule has 1 amide bonds. The van der Waals surface area contributed by atoms with Crippen molar-refractivity contribution in [2.45, 2.75) is 37.6 Å². The third kappa shape index (κ3) is 3.45. The number of hydrogen-bond acceptors (Lipinski definition) is 2. The van der Waals surface area contributed by atoms with E-state index in [0.29, 0.717) is 10.8 Å². The van der Waals surface area contributed by atoms with E-state index >= 15 is 0 Å². The molecule has 1 fully saturated rings. The van der Waals surface area contributed by atoms with Crippen LogP contribution in [-0.2, 0) is 0 Å². The lowest BCUT2D eigenvalue weighted by atomic mass is 9.82. The average molecular weight is 385 g/mol. The normalized spacial score (nSPS) is 16.4. The Kier molecular flexibility index (Phi) is 4.89. The van der Waals surface area contributed by atoms with E-state index in [9.17, 15) is 9.90 Å². The summed E-state index contributed by atoms with van der Waals surface area (Å²) in [6, 6.07) is 13.3. The van der Waals surface area contributed by atoms with E-state index in [-0.39, 0.29) is 12.5 Å². The highest BCUT2D eigenvalue weighted by Crippen LogP contribution is 2.29. The van der Waals surface area contributed by atoms with Crippen LogP contribution in [0.25, 0.3) is 16.8 Å². The van der Waals surface area contributed by atoms with Crippen LogP contribution >= 0.6 is 11.6 Å². The fourth-order valence-corrected chi connectivity index (χ4v) is 4.16. The lowest BCUT2D eigenvalue weighted by Crippen LogP contribution is -2.54. The first kappa shape index (κ1) is 18.0. The number of aromatic amines is 1. The van der Waals surface area contributed by atoms with Crippen LogP contribution in [0.2, 0.25) is 5.02 Å². The number of nitrogens with zero attached hydrogens (tertiary/aromatic N) is 1. The van der Waals surface area contributed by atoms with Gasteiger partial charge in [-0.3, -0.25) is 4.79 Å². The van der Waals surface area contributed by atoms with Gasteiger partial charge in [-0.1, -0.05) is 49.1 Å². The molecule has 0 atom stereocenters. The van der Waals surface area contributed by atoms with E-state index in [1.165, 1.54) is 0 Å². The summed E-state index contributed by atoms with van der Waals surface area (Å²) in [7, 11) is 0. The quantitative estimate of drug-likeness (QED) is 0.602. The molecule has 3 aromatic rings. The average Bonchev–Trinajstić information content (AvgIpc) is 3.09. The van der Waals surface area contributed by atoms with Crippen LogP contribution in [0.15, 0.2) is 48.7 Å². The number of aliphatic hydroxyl groups is 1. The van der Waals surface area contributed by atoms with Gasteiger partial charge in [0.05, 0.1) is 18.3 Å². The Bertz CT molecular complexity index is 976. The second kappa shape index (κ2) is 7.33. The second-order valence-corrected chi connectivity index (χ2v) is 7.70. The van der Waals surface area contributed by atoms with E-state index in [0.717, 1.165) is 48.9 Å². The van der Waals surface area contributed by atoms with Gasteiger partial charge in [0.1, 0.15) is 0 Å². The predicted octanol–water partition coefficient (Wildman–Crippen LogP) is 3.50. The number of carbonyl (C=O) groups excluding carboxylic acids is 1. The van der Waals surface area contributed by atoms with E-state index in [1.807, 2.05) is 53.1 Å². The number of benzene rings is 1. The molecule has 0 bridgehead atoms. The topological polar surface area (TPSA) is 69.2 Å². The second-order valence-electron chi connectivity index (χ2n) is 7.27. The maximum absolute atomic E-state index is 13.1. The highest BCUT2D eigenvalue weighted by molar-refractivity contribution is 6.30. The summed E-state index contributed by atoms with van der Waals surface area (Å²) in [5.74, 6) is 0.236. The minimum absolute atomic E-state index is 0.0385. The zero-order valence-corrected chi connectivity index (χ0v) is 15.8. The van der Waals surface area contributed by atoms with Crippen molar-refractivity contribution >= 4 is 23.0 Å². The Labute approximate surface area is 163 Å². The molecule has 4 rings (SSSR count). The number of amides is 1. The minimum Gasteiger partial charge on any atom is -0.394 e. The van der Waals surface area contributed by atoms with Crippen LogP contribution in [0.1, 0.15) is 42.7 Å². The van der Waals surface area contributed by atoms with Crippen molar-refractivity contribution in [3.05, 3.63) is 59.5 Å². The van der Waals surface area contributed by atoms with Gasteiger partial charge in [0, 0.05) is 10.6 Å². The molecule has 0 unspecified atom stereocenters. The van der Waals surface area contributed by atoms with Crippen molar-refractivity contribution in [1.29, 1.82) is 0 Å². The maximum atomic E-state index is 13.1. The largest absolute Gasteiger partial charge is 0.394 e. The highest BCUT2D eigenvalue weighted by Gasteiger charge is 2.36. The van der Waals surface area contributed by atoms with Gasteiger partial charge in [-0.25, -0.2) is 4.98 Å². The third-order valence-corrected chi connectivity index (χ3v) is 5.66. The molecule has 0 radical (unpaired) electrons. The Morgan fingerprint density at radius 1 is 1.19 bits per heavy atom. The van der Waals surface area contributed by atoms with Gasteiger partial charge in [-0.2, -0.15) is 4.40 Å². The molecule has 1 aromatic carbocycles. The van der Waals surface area contributed by atoms with Gasteiger partial charge >= 0.3 is 11.7 Å². The van der Waals surface area contributed by atoms with E-state index < -0.39 is 5.54 Å². The molecule has 2 aromatic heterocycles. The van der Waals surface area contributed by atoms with Crippen LogP contribution in [-0.4, -0.2) is 28.1 Å². The van der Waals surface area contributed by atoms with Gasteiger partial charge in [0.2, 0.25) is 0 Å². The molecule has 3 N–H and O–H groups in total. The zero-order valence-electron chi connectivity index (χ0n) is 15.0. The lowest BCUT2D eigenvalue weighted by Gasteiger charge is -2.35. The van der Waals surface area contributed by atoms with Crippen molar-refractivity contribution in [3.63, 3.8) is 0 Å². The summed E-state index contributed by atoms with van der Waals surface area (Å²) < 4.78 is 1.85. The Balaban J connectivity index is 1.75. The number of aromatic nitrogens is 2. The molecule has 0 saturated heterocycles. The molecule has 1 aliphatic rings. The Morgan fingerprint density at radius 3 is 2.74 bits per heavy atom. The first-order chi connectivity index (χ1) is 13.1. The van der Waals surface area contributed by atoms with Gasteiger partial charge in [0.15, 0.2) is 11.2 Å². The van der Waals surface area contributed by atoms with Gasteiger partial charge in [-0.15, -0.1) is 0 Å². The van der Waals surface area contributed by atoms with Crippen LogP contribution in [0, 0.1) is 0 Å². The summed E-state index contributed by atoms with van der Waals surface area (Å²) in [5.41, 5.74) is 2.12. The van der Waals surface area contributed by atoms with Crippen molar-refractivity contribution < 1.29 is 14.3 Å². The SMILES string of the molecule is O=C(NC1(CO)CCCCC1)c1[nH]c(-c2cccc(Cl)c2)c2cccc[n+]12. The number of halogens is 1. The number of carbonyl (C=O) groups is 1. The molecule has 1 aliphatic carbocycles. The molecule has 2 heterocycles. The standard InChI is InChI=1S/C21H22ClN3O2/c22-16-8-6-7-15(13-16)18-17-9-2-5-12-25(17)19(23-18)20(27)24-21(14-26)10-3-1-4-11-21/h2,5-9,12-13,26H,1,3-4,10-11,14H2,(H,24,27)/p+1. The predicted molar refractivity (Wildman–Crippen MR) is 105 cm³/mol. The van der Waals surface area contributed by atoms with Crippen LogP contribution in [0.4, 0.5) is 0 Å². The first-order valence-corrected chi connectivity index (χ1v) is 9.71. The molecule has 1 saturated carbocycles. The summed E-state index contributed by atoms with van der Waals surface area (Å²) in [6.07, 6.45) is 6.66. The number of fused-ring (bicyclic) bond motifs is 1. The molecule has 6 heteroatoms. The van der Waals surface area contributed by atoms with E-state index in [1.54, 1.807) is 0 Å². The fraction of sp³-hybridized carbons (Fsp3) is 0.333. The number of rotatable bonds is 4. The molecule has 140 valence electrons. The molecular formula is C21H23ClN3O2+. The Hall–Kier alpha value is -2.37. The molecule has 5 nitrogen and oxygen atoms in total. The van der Waals surface area contributed by atoms with Gasteiger partial charge in [-0.05, 0) is 37.1 Å². The molecule has 27 heavy (non-hydrogen) atoms. The Morgan fingerprint density at radius 2 is 2.00 bits per heavy atom. The summed E-state index contributed by atoms with van der Waals surface area (Å²) in [5, 5.41) is 13.7. The maximum Gasteiger partial charge on any atom is 0.351 e. The first-order valence-electron chi connectivity index (χ1n) is 9.34. The smallest absolute Gasteiger partial charge is 0.351 e. The number of H-pyrrole nitrogens is 1. The number of nitrogens with one attached hydrogen (secondary N) is 2. The summed E-state index contributed by atoms with van der Waals surface area (Å²) >= 11 is 6.15. The summed E-state index contributed by atoms with van der Waals surface area (Å²) in [6.45, 7) is -0.0385. The zero-order chi connectivity index (χ0) is 18.9. The third-order valence-electron chi connectivity index (χ3n) is 5.42. The fourth-order valence-electron chi connectivity index (χ4n) is 3.97. The molecule has 0 aliphatic heterocycles. The van der Waals surface area contributed by atoms with Crippen molar-refractivity contribution in [3.8, 4) is 11.3 Å². The van der Waals surface area contributed by atoms with E-state index in [4.69, 9.17) is 11.6 Å². The number of pyridine rings is 1. The molecule has 0 spiro atoms. The van der Waals surface area contributed by atoms with Gasteiger partial charge in [0.25, 0.3) is 0 Å². The number of hydrogen-bond donors (Lipinski definition) is 3. The number of aliphatic hydroxyl groups excluding tert-OH is 1. The van der Waals surface area contributed by atoms with Crippen LogP contribution < -0.4 is 9.72 Å². The monoisotopic (exact) mass is 384 g/mol.